The van der Waals surface area contributed by atoms with Crippen molar-refractivity contribution < 1.29 is 9.47 Å². The van der Waals surface area contributed by atoms with Crippen molar-refractivity contribution in [3.05, 3.63) is 23.8 Å². The number of rotatable bonds is 8. The quantitative estimate of drug-likeness (QED) is 0.775. The van der Waals surface area contributed by atoms with Gasteiger partial charge in [-0.15, -0.1) is 0 Å². The fraction of sp³-hybridized carbons (Fsp3) is 0.625. The third kappa shape index (κ3) is 4.43. The van der Waals surface area contributed by atoms with Gasteiger partial charge in [0, 0.05) is 17.7 Å². The fourth-order valence-corrected chi connectivity index (χ4v) is 2.24. The predicted octanol–water partition coefficient (Wildman–Crippen LogP) is 3.79. The highest BCUT2D eigenvalue weighted by molar-refractivity contribution is 5.42. The van der Waals surface area contributed by atoms with Gasteiger partial charge in [0.2, 0.25) is 0 Å². The van der Waals surface area contributed by atoms with Crippen LogP contribution in [0.25, 0.3) is 0 Å². The standard InChI is InChI=1S/C16H27NO2/c1-6-12(3)10-15(17-7-2)14-9-8-13(18-4)11-16(14)19-5/h8-9,11-12,15,17H,6-7,10H2,1-5H3. The number of nitrogens with one attached hydrogen (secondary N) is 1. The minimum absolute atomic E-state index is 0.334. The van der Waals surface area contributed by atoms with Crippen LogP contribution in [-0.4, -0.2) is 20.8 Å². The Labute approximate surface area is 117 Å². The first-order valence-corrected chi connectivity index (χ1v) is 7.11. The van der Waals surface area contributed by atoms with E-state index in [1.807, 2.05) is 12.1 Å². The molecule has 2 atom stereocenters. The Morgan fingerprint density at radius 3 is 2.42 bits per heavy atom. The fourth-order valence-electron chi connectivity index (χ4n) is 2.24. The Balaban J connectivity index is 3.00. The number of hydrogen-bond acceptors (Lipinski definition) is 3. The van der Waals surface area contributed by atoms with E-state index in [0.717, 1.165) is 24.5 Å². The molecule has 1 aromatic carbocycles. The summed E-state index contributed by atoms with van der Waals surface area (Å²) in [5.74, 6) is 2.42. The monoisotopic (exact) mass is 265 g/mol. The van der Waals surface area contributed by atoms with E-state index in [0.29, 0.717) is 12.0 Å². The lowest BCUT2D eigenvalue weighted by molar-refractivity contribution is 0.367. The summed E-state index contributed by atoms with van der Waals surface area (Å²) in [6.07, 6.45) is 2.31. The highest BCUT2D eigenvalue weighted by Crippen LogP contribution is 2.33. The van der Waals surface area contributed by atoms with E-state index in [-0.39, 0.29) is 0 Å². The van der Waals surface area contributed by atoms with E-state index in [2.05, 4.69) is 32.2 Å². The first kappa shape index (κ1) is 15.8. The normalized spacial score (nSPS) is 13.9. The second-order valence-corrected chi connectivity index (χ2v) is 4.97. The van der Waals surface area contributed by atoms with Crippen LogP contribution in [0.2, 0.25) is 0 Å². The van der Waals surface area contributed by atoms with Crippen molar-refractivity contribution in [2.75, 3.05) is 20.8 Å². The molecule has 0 aromatic heterocycles. The maximum atomic E-state index is 5.51. The second-order valence-electron chi connectivity index (χ2n) is 4.97. The molecule has 0 aliphatic carbocycles. The molecule has 0 radical (unpaired) electrons. The number of benzene rings is 1. The third-order valence-corrected chi connectivity index (χ3v) is 3.60. The van der Waals surface area contributed by atoms with Crippen molar-refractivity contribution in [1.29, 1.82) is 0 Å². The topological polar surface area (TPSA) is 30.5 Å². The van der Waals surface area contributed by atoms with Gasteiger partial charge >= 0.3 is 0 Å². The van der Waals surface area contributed by atoms with Gasteiger partial charge in [-0.05, 0) is 24.9 Å². The maximum Gasteiger partial charge on any atom is 0.127 e. The molecular weight excluding hydrogens is 238 g/mol. The van der Waals surface area contributed by atoms with Gasteiger partial charge in [0.15, 0.2) is 0 Å². The summed E-state index contributed by atoms with van der Waals surface area (Å²) in [5.41, 5.74) is 1.21. The number of ether oxygens (including phenoxy) is 2. The highest BCUT2D eigenvalue weighted by Gasteiger charge is 2.18. The zero-order chi connectivity index (χ0) is 14.3. The van der Waals surface area contributed by atoms with Crippen LogP contribution in [0, 0.1) is 5.92 Å². The van der Waals surface area contributed by atoms with Gasteiger partial charge in [0.25, 0.3) is 0 Å². The van der Waals surface area contributed by atoms with Crippen LogP contribution < -0.4 is 14.8 Å². The van der Waals surface area contributed by atoms with E-state index in [1.54, 1.807) is 14.2 Å². The molecule has 0 bridgehead atoms. The van der Waals surface area contributed by atoms with Crippen LogP contribution in [0.3, 0.4) is 0 Å². The average molecular weight is 265 g/mol. The first-order valence-electron chi connectivity index (χ1n) is 7.11. The van der Waals surface area contributed by atoms with Crippen LogP contribution in [-0.2, 0) is 0 Å². The molecule has 108 valence electrons. The summed E-state index contributed by atoms with van der Waals surface area (Å²) in [4.78, 5) is 0. The largest absolute Gasteiger partial charge is 0.497 e. The van der Waals surface area contributed by atoms with E-state index < -0.39 is 0 Å². The summed E-state index contributed by atoms with van der Waals surface area (Å²) >= 11 is 0. The molecule has 1 N–H and O–H groups in total. The minimum Gasteiger partial charge on any atom is -0.497 e. The van der Waals surface area contributed by atoms with Gasteiger partial charge < -0.3 is 14.8 Å². The lowest BCUT2D eigenvalue weighted by atomic mass is 9.93. The number of methoxy groups -OCH3 is 2. The van der Waals surface area contributed by atoms with Crippen LogP contribution in [0.5, 0.6) is 11.5 Å². The van der Waals surface area contributed by atoms with Crippen molar-refractivity contribution in [3.8, 4) is 11.5 Å². The average Bonchev–Trinajstić information content (AvgIpc) is 2.45. The van der Waals surface area contributed by atoms with Gasteiger partial charge in [-0.25, -0.2) is 0 Å². The maximum absolute atomic E-state index is 5.51. The lowest BCUT2D eigenvalue weighted by Gasteiger charge is -2.23. The molecule has 0 aliphatic heterocycles. The Bertz CT molecular complexity index is 379. The van der Waals surface area contributed by atoms with Crippen LogP contribution >= 0.6 is 0 Å². The molecule has 3 nitrogen and oxygen atoms in total. The summed E-state index contributed by atoms with van der Waals surface area (Å²) in [6, 6.07) is 6.39. The molecule has 0 saturated carbocycles. The summed E-state index contributed by atoms with van der Waals surface area (Å²) in [6.45, 7) is 7.62. The van der Waals surface area contributed by atoms with Crippen molar-refractivity contribution >= 4 is 0 Å². The number of hydrogen-bond donors (Lipinski definition) is 1. The molecule has 0 spiro atoms. The van der Waals surface area contributed by atoms with Gasteiger partial charge in [-0.2, -0.15) is 0 Å². The Morgan fingerprint density at radius 1 is 1.16 bits per heavy atom. The van der Waals surface area contributed by atoms with Crippen molar-refractivity contribution in [1.82, 2.24) is 5.32 Å². The zero-order valence-corrected chi connectivity index (χ0v) is 12.8. The zero-order valence-electron chi connectivity index (χ0n) is 12.8. The molecule has 0 fully saturated rings. The van der Waals surface area contributed by atoms with Crippen molar-refractivity contribution in [2.24, 2.45) is 5.92 Å². The molecule has 1 aromatic rings. The van der Waals surface area contributed by atoms with E-state index in [4.69, 9.17) is 9.47 Å². The molecule has 0 amide bonds. The SMILES string of the molecule is CCNC(CC(C)CC)c1ccc(OC)cc1OC. The molecule has 19 heavy (non-hydrogen) atoms. The van der Waals surface area contributed by atoms with Crippen molar-refractivity contribution in [2.45, 2.75) is 39.7 Å². The molecule has 1 rings (SSSR count). The Hall–Kier alpha value is -1.22. The summed E-state index contributed by atoms with van der Waals surface area (Å²) in [7, 11) is 3.39. The van der Waals surface area contributed by atoms with E-state index in [1.165, 1.54) is 12.0 Å². The van der Waals surface area contributed by atoms with E-state index in [9.17, 15) is 0 Å². The second kappa shape index (κ2) is 8.05. The molecule has 0 heterocycles. The van der Waals surface area contributed by atoms with Crippen LogP contribution in [0.15, 0.2) is 18.2 Å². The third-order valence-electron chi connectivity index (χ3n) is 3.60. The Morgan fingerprint density at radius 2 is 1.89 bits per heavy atom. The molecule has 0 aliphatic rings. The van der Waals surface area contributed by atoms with Crippen molar-refractivity contribution in [3.63, 3.8) is 0 Å². The van der Waals surface area contributed by atoms with Crippen LogP contribution in [0.1, 0.15) is 45.2 Å². The van der Waals surface area contributed by atoms with Gasteiger partial charge in [-0.3, -0.25) is 0 Å². The van der Waals surface area contributed by atoms with Gasteiger partial charge in [0.1, 0.15) is 11.5 Å². The smallest absolute Gasteiger partial charge is 0.127 e. The van der Waals surface area contributed by atoms with Gasteiger partial charge in [0.05, 0.1) is 14.2 Å². The minimum atomic E-state index is 0.334. The van der Waals surface area contributed by atoms with Gasteiger partial charge in [-0.1, -0.05) is 33.3 Å². The molecule has 2 unspecified atom stereocenters. The summed E-state index contributed by atoms with van der Waals surface area (Å²) in [5, 5.41) is 3.56. The predicted molar refractivity (Wildman–Crippen MR) is 80.0 cm³/mol. The van der Waals surface area contributed by atoms with Crippen LogP contribution in [0.4, 0.5) is 0 Å². The lowest BCUT2D eigenvalue weighted by Crippen LogP contribution is -2.23. The first-order chi connectivity index (χ1) is 9.15. The summed E-state index contributed by atoms with van der Waals surface area (Å²) < 4.78 is 10.8. The molecular formula is C16H27NO2. The highest BCUT2D eigenvalue weighted by atomic mass is 16.5. The molecule has 3 heteroatoms. The molecule has 0 saturated heterocycles. The van der Waals surface area contributed by atoms with E-state index >= 15 is 0 Å². The Kier molecular flexibility index (Phi) is 6.71.